The lowest BCUT2D eigenvalue weighted by molar-refractivity contribution is -0.120. The van der Waals surface area contributed by atoms with Gasteiger partial charge in [0.05, 0.1) is 11.4 Å². The fourth-order valence-electron chi connectivity index (χ4n) is 2.49. The number of carbonyl (C=O) groups is 1. The molecule has 0 bridgehead atoms. The molecule has 0 aliphatic carbocycles. The van der Waals surface area contributed by atoms with Gasteiger partial charge in [-0.2, -0.15) is 0 Å². The minimum Gasteiger partial charge on any atom is -0.361 e. The van der Waals surface area contributed by atoms with Gasteiger partial charge in [-0.05, 0) is 32.3 Å². The number of hydrogen-bond acceptors (Lipinski definition) is 5. The first-order chi connectivity index (χ1) is 11.7. The van der Waals surface area contributed by atoms with Gasteiger partial charge < -0.3 is 9.84 Å². The summed E-state index contributed by atoms with van der Waals surface area (Å²) in [7, 11) is -3.65. The molecule has 0 unspecified atom stereocenters. The Morgan fingerprint density at radius 1 is 1.20 bits per heavy atom. The molecule has 2 aromatic rings. The largest absolute Gasteiger partial charge is 0.361 e. The number of nitrogens with one attached hydrogen (secondary N) is 1. The summed E-state index contributed by atoms with van der Waals surface area (Å²) in [6.45, 7) is 7.13. The van der Waals surface area contributed by atoms with Crippen LogP contribution in [-0.2, 0) is 20.4 Å². The third-order valence-corrected chi connectivity index (χ3v) is 6.37. The van der Waals surface area contributed by atoms with E-state index in [0.29, 0.717) is 23.6 Å². The highest BCUT2D eigenvalue weighted by Crippen LogP contribution is 2.19. The molecule has 0 fully saturated rings. The summed E-state index contributed by atoms with van der Waals surface area (Å²) in [6.07, 6.45) is 0. The van der Waals surface area contributed by atoms with Crippen LogP contribution in [0.1, 0.15) is 42.3 Å². The Morgan fingerprint density at radius 3 is 2.40 bits per heavy atom. The van der Waals surface area contributed by atoms with E-state index in [1.807, 2.05) is 37.3 Å². The van der Waals surface area contributed by atoms with Gasteiger partial charge in [0.15, 0.2) is 9.84 Å². The first kappa shape index (κ1) is 19.2. The fraction of sp³-hybridized carbons (Fsp3) is 0.444. The number of nitrogens with zero attached hydrogens (tertiary/aromatic N) is 1. The standard InChI is InChI=1S/C18H24N2O4S/c1-12(16-8-6-5-7-9-16)10-19-18(21)15(4)25(22,23)11-17-13(2)20-24-14(17)3/h5-9,12,15H,10-11H2,1-4H3,(H,19,21)/t12-,15-/m0/s1. The Bertz CT molecular complexity index is 809. The molecule has 2 rings (SSSR count). The first-order valence-electron chi connectivity index (χ1n) is 8.18. The maximum absolute atomic E-state index is 12.5. The summed E-state index contributed by atoms with van der Waals surface area (Å²) in [6, 6.07) is 9.76. The van der Waals surface area contributed by atoms with Crippen LogP contribution in [0.4, 0.5) is 0 Å². The SMILES string of the molecule is Cc1noc(C)c1CS(=O)(=O)[C@@H](C)C(=O)NC[C@H](C)c1ccccc1. The monoisotopic (exact) mass is 364 g/mol. The summed E-state index contributed by atoms with van der Waals surface area (Å²) in [5.41, 5.74) is 2.15. The first-order valence-corrected chi connectivity index (χ1v) is 9.90. The molecule has 2 atom stereocenters. The van der Waals surface area contributed by atoms with Crippen molar-refractivity contribution in [2.75, 3.05) is 6.54 Å². The lowest BCUT2D eigenvalue weighted by atomic mass is 10.0. The average molecular weight is 364 g/mol. The molecule has 6 nitrogen and oxygen atoms in total. The molecule has 1 N–H and O–H groups in total. The molecular formula is C18H24N2O4S. The van der Waals surface area contributed by atoms with Gasteiger partial charge in [0.1, 0.15) is 11.0 Å². The van der Waals surface area contributed by atoms with Crippen LogP contribution in [0.15, 0.2) is 34.9 Å². The van der Waals surface area contributed by atoms with E-state index in [4.69, 9.17) is 4.52 Å². The molecule has 1 aromatic carbocycles. The molecule has 0 radical (unpaired) electrons. The van der Waals surface area contributed by atoms with Crippen molar-refractivity contribution in [1.29, 1.82) is 0 Å². The second-order valence-corrected chi connectivity index (χ2v) is 8.63. The zero-order chi connectivity index (χ0) is 18.6. The number of benzene rings is 1. The van der Waals surface area contributed by atoms with Crippen LogP contribution >= 0.6 is 0 Å². The van der Waals surface area contributed by atoms with Crippen LogP contribution in [0, 0.1) is 13.8 Å². The number of amides is 1. The number of rotatable bonds is 7. The van der Waals surface area contributed by atoms with Crippen molar-refractivity contribution in [3.63, 3.8) is 0 Å². The van der Waals surface area contributed by atoms with Gasteiger partial charge in [0.25, 0.3) is 0 Å². The highest BCUT2D eigenvalue weighted by Gasteiger charge is 2.30. The molecular weight excluding hydrogens is 340 g/mol. The summed E-state index contributed by atoms with van der Waals surface area (Å²) < 4.78 is 30.1. The minimum atomic E-state index is -3.65. The van der Waals surface area contributed by atoms with Crippen LogP contribution in [-0.4, -0.2) is 31.3 Å². The highest BCUT2D eigenvalue weighted by molar-refractivity contribution is 7.92. The van der Waals surface area contributed by atoms with E-state index in [1.165, 1.54) is 6.92 Å². The van der Waals surface area contributed by atoms with E-state index in [-0.39, 0.29) is 11.7 Å². The second-order valence-electron chi connectivity index (χ2n) is 6.31. The lowest BCUT2D eigenvalue weighted by Crippen LogP contribution is -2.40. The molecule has 7 heteroatoms. The number of hydrogen-bond donors (Lipinski definition) is 1. The number of sulfone groups is 1. The number of aryl methyl sites for hydroxylation is 2. The molecule has 1 aromatic heterocycles. The van der Waals surface area contributed by atoms with E-state index >= 15 is 0 Å². The van der Waals surface area contributed by atoms with E-state index in [2.05, 4.69) is 10.5 Å². The summed E-state index contributed by atoms with van der Waals surface area (Å²) >= 11 is 0. The Labute approximate surface area is 148 Å². The Kier molecular flexibility index (Phi) is 6.00. The van der Waals surface area contributed by atoms with Gasteiger partial charge in [-0.25, -0.2) is 8.42 Å². The van der Waals surface area contributed by atoms with Gasteiger partial charge in [-0.15, -0.1) is 0 Å². The van der Waals surface area contributed by atoms with E-state index in [9.17, 15) is 13.2 Å². The van der Waals surface area contributed by atoms with Crippen molar-refractivity contribution in [2.24, 2.45) is 0 Å². The molecule has 0 saturated carbocycles. The zero-order valence-corrected chi connectivity index (χ0v) is 15.8. The van der Waals surface area contributed by atoms with E-state index < -0.39 is 21.0 Å². The molecule has 0 spiro atoms. The van der Waals surface area contributed by atoms with Crippen molar-refractivity contribution in [3.8, 4) is 0 Å². The third kappa shape index (κ3) is 4.69. The summed E-state index contributed by atoms with van der Waals surface area (Å²) in [5.74, 6) is -0.180. The van der Waals surface area contributed by atoms with Gasteiger partial charge in [0, 0.05) is 12.1 Å². The molecule has 1 amide bonds. The average Bonchev–Trinajstić information content (AvgIpc) is 2.91. The topological polar surface area (TPSA) is 89.3 Å². The van der Waals surface area contributed by atoms with Crippen LogP contribution in [0.3, 0.4) is 0 Å². The van der Waals surface area contributed by atoms with Gasteiger partial charge in [0.2, 0.25) is 5.91 Å². The Hall–Kier alpha value is -2.15. The Balaban J connectivity index is 1.99. The molecule has 1 heterocycles. The van der Waals surface area contributed by atoms with Gasteiger partial charge in [-0.3, -0.25) is 4.79 Å². The van der Waals surface area contributed by atoms with Crippen molar-refractivity contribution in [3.05, 3.63) is 52.9 Å². The number of aromatic nitrogens is 1. The smallest absolute Gasteiger partial charge is 0.238 e. The second kappa shape index (κ2) is 7.82. The molecule has 0 aliphatic heterocycles. The summed E-state index contributed by atoms with van der Waals surface area (Å²) in [5, 5.41) is 5.36. The maximum Gasteiger partial charge on any atom is 0.238 e. The predicted molar refractivity (Wildman–Crippen MR) is 95.9 cm³/mol. The van der Waals surface area contributed by atoms with Crippen molar-refractivity contribution >= 4 is 15.7 Å². The predicted octanol–water partition coefficient (Wildman–Crippen LogP) is 2.51. The maximum atomic E-state index is 12.5. The van der Waals surface area contributed by atoms with Crippen LogP contribution in [0.5, 0.6) is 0 Å². The zero-order valence-electron chi connectivity index (χ0n) is 14.9. The van der Waals surface area contributed by atoms with E-state index in [0.717, 1.165) is 5.56 Å². The van der Waals surface area contributed by atoms with Crippen molar-refractivity contribution in [2.45, 2.75) is 44.6 Å². The number of carbonyl (C=O) groups excluding carboxylic acids is 1. The molecule has 136 valence electrons. The van der Waals surface area contributed by atoms with Crippen molar-refractivity contribution in [1.82, 2.24) is 10.5 Å². The van der Waals surface area contributed by atoms with Crippen LogP contribution in [0.2, 0.25) is 0 Å². The van der Waals surface area contributed by atoms with E-state index in [1.54, 1.807) is 13.8 Å². The molecule has 25 heavy (non-hydrogen) atoms. The fourth-order valence-corrected chi connectivity index (χ4v) is 3.97. The summed E-state index contributed by atoms with van der Waals surface area (Å²) in [4.78, 5) is 12.3. The molecule has 0 aliphatic rings. The van der Waals surface area contributed by atoms with Gasteiger partial charge >= 0.3 is 0 Å². The quantitative estimate of drug-likeness (QED) is 0.815. The highest BCUT2D eigenvalue weighted by atomic mass is 32.2. The normalized spacial score (nSPS) is 14.1. The Morgan fingerprint density at radius 2 is 1.84 bits per heavy atom. The van der Waals surface area contributed by atoms with Crippen molar-refractivity contribution < 1.29 is 17.7 Å². The van der Waals surface area contributed by atoms with Crippen LogP contribution in [0.25, 0.3) is 0 Å². The third-order valence-electron chi connectivity index (χ3n) is 4.39. The minimum absolute atomic E-state index is 0.0996. The van der Waals surface area contributed by atoms with Crippen LogP contribution < -0.4 is 5.32 Å². The molecule has 0 saturated heterocycles. The van der Waals surface area contributed by atoms with Gasteiger partial charge in [-0.1, -0.05) is 42.4 Å². The lowest BCUT2D eigenvalue weighted by Gasteiger charge is -2.16.